The van der Waals surface area contributed by atoms with E-state index in [0.29, 0.717) is 22.8 Å². The molecule has 16 heavy (non-hydrogen) atoms. The Kier molecular flexibility index (Phi) is 3.07. The molecule has 2 rings (SSSR count). The van der Waals surface area contributed by atoms with Crippen LogP contribution in [0.1, 0.15) is 21.1 Å². The second-order valence-electron chi connectivity index (χ2n) is 3.17. The topological polar surface area (TPSA) is 56.0 Å². The molecular weight excluding hydrogens is 227 g/mol. The van der Waals surface area contributed by atoms with Crippen LogP contribution in [0.2, 0.25) is 0 Å². The molecule has 0 unspecified atom stereocenters. The van der Waals surface area contributed by atoms with Gasteiger partial charge >= 0.3 is 0 Å². The Morgan fingerprint density at radius 3 is 2.62 bits per heavy atom. The Morgan fingerprint density at radius 1 is 1.38 bits per heavy atom. The van der Waals surface area contributed by atoms with E-state index in [9.17, 15) is 9.18 Å². The average molecular weight is 236 g/mol. The lowest BCUT2D eigenvalue weighted by atomic mass is 10.1. The molecular formula is C11H9FN2OS. The van der Waals surface area contributed by atoms with Crippen LogP contribution in [0.4, 0.5) is 4.39 Å². The van der Waals surface area contributed by atoms with Gasteiger partial charge in [-0.15, -0.1) is 11.3 Å². The summed E-state index contributed by atoms with van der Waals surface area (Å²) >= 11 is 1.34. The third kappa shape index (κ3) is 2.15. The maximum atomic E-state index is 12.7. The summed E-state index contributed by atoms with van der Waals surface area (Å²) < 4.78 is 12.7. The molecule has 5 heteroatoms. The van der Waals surface area contributed by atoms with E-state index < -0.39 is 0 Å². The van der Waals surface area contributed by atoms with Crippen molar-refractivity contribution >= 4 is 17.1 Å². The molecule has 1 aromatic heterocycles. The first-order valence-electron chi connectivity index (χ1n) is 4.65. The number of rotatable bonds is 3. The number of carbonyl (C=O) groups is 1. The van der Waals surface area contributed by atoms with Gasteiger partial charge < -0.3 is 5.73 Å². The number of benzene rings is 1. The summed E-state index contributed by atoms with van der Waals surface area (Å²) in [5.41, 5.74) is 6.19. The molecule has 0 bridgehead atoms. The number of halogens is 1. The van der Waals surface area contributed by atoms with E-state index in [1.54, 1.807) is 5.38 Å². The summed E-state index contributed by atoms with van der Waals surface area (Å²) in [7, 11) is 0. The van der Waals surface area contributed by atoms with Crippen LogP contribution in [-0.2, 0) is 6.54 Å². The molecule has 1 heterocycles. The van der Waals surface area contributed by atoms with Gasteiger partial charge in [-0.1, -0.05) is 0 Å². The van der Waals surface area contributed by atoms with Gasteiger partial charge in [-0.3, -0.25) is 4.79 Å². The lowest BCUT2D eigenvalue weighted by molar-refractivity contribution is 0.103. The largest absolute Gasteiger partial charge is 0.325 e. The zero-order valence-electron chi connectivity index (χ0n) is 8.31. The Hall–Kier alpha value is -1.59. The summed E-state index contributed by atoms with van der Waals surface area (Å²) in [6.45, 7) is 0.321. The lowest BCUT2D eigenvalue weighted by Gasteiger charge is -1.96. The second kappa shape index (κ2) is 4.51. The van der Waals surface area contributed by atoms with Crippen molar-refractivity contribution in [2.45, 2.75) is 6.54 Å². The molecule has 0 fully saturated rings. The molecule has 0 radical (unpaired) electrons. The van der Waals surface area contributed by atoms with Crippen molar-refractivity contribution in [3.05, 3.63) is 51.7 Å². The van der Waals surface area contributed by atoms with Crippen molar-refractivity contribution in [2.24, 2.45) is 5.73 Å². The van der Waals surface area contributed by atoms with Crippen LogP contribution >= 0.6 is 11.3 Å². The number of hydrogen-bond acceptors (Lipinski definition) is 4. The highest BCUT2D eigenvalue weighted by Gasteiger charge is 2.12. The standard InChI is InChI=1S/C11H9FN2OS/c12-8-3-1-7(2-4-8)11(15)9-6-16-10(5-13)14-9/h1-4,6H,5,13H2. The fourth-order valence-corrected chi connectivity index (χ4v) is 1.91. The van der Waals surface area contributed by atoms with Crippen LogP contribution in [0.3, 0.4) is 0 Å². The van der Waals surface area contributed by atoms with E-state index in [0.717, 1.165) is 0 Å². The summed E-state index contributed by atoms with van der Waals surface area (Å²) in [5, 5.41) is 2.37. The maximum absolute atomic E-state index is 12.7. The van der Waals surface area contributed by atoms with Crippen LogP contribution < -0.4 is 5.73 Å². The van der Waals surface area contributed by atoms with Crippen molar-refractivity contribution in [2.75, 3.05) is 0 Å². The maximum Gasteiger partial charge on any atom is 0.212 e. The zero-order chi connectivity index (χ0) is 11.5. The molecule has 82 valence electrons. The highest BCUT2D eigenvalue weighted by atomic mass is 32.1. The fraction of sp³-hybridized carbons (Fsp3) is 0.0909. The average Bonchev–Trinajstić information content (AvgIpc) is 2.77. The van der Waals surface area contributed by atoms with Gasteiger partial charge in [0.15, 0.2) is 0 Å². The molecule has 0 aliphatic carbocycles. The molecule has 0 aliphatic heterocycles. The van der Waals surface area contributed by atoms with Crippen LogP contribution in [0.25, 0.3) is 0 Å². The highest BCUT2D eigenvalue weighted by molar-refractivity contribution is 7.09. The molecule has 0 saturated carbocycles. The fourth-order valence-electron chi connectivity index (χ4n) is 1.26. The van der Waals surface area contributed by atoms with Crippen LogP contribution in [-0.4, -0.2) is 10.8 Å². The van der Waals surface area contributed by atoms with E-state index in [-0.39, 0.29) is 11.6 Å². The Labute approximate surface area is 95.7 Å². The molecule has 0 aliphatic rings. The molecule has 0 saturated heterocycles. The van der Waals surface area contributed by atoms with Gasteiger partial charge in [0.05, 0.1) is 0 Å². The van der Waals surface area contributed by atoms with Crippen molar-refractivity contribution in [1.29, 1.82) is 0 Å². The van der Waals surface area contributed by atoms with E-state index in [4.69, 9.17) is 5.73 Å². The van der Waals surface area contributed by atoms with Crippen LogP contribution in [0.15, 0.2) is 29.6 Å². The van der Waals surface area contributed by atoms with Gasteiger partial charge in [0, 0.05) is 17.5 Å². The lowest BCUT2D eigenvalue weighted by Crippen LogP contribution is -2.03. The first-order valence-corrected chi connectivity index (χ1v) is 5.53. The van der Waals surface area contributed by atoms with E-state index in [1.807, 2.05) is 0 Å². The summed E-state index contributed by atoms with van der Waals surface area (Å²) in [4.78, 5) is 15.9. The van der Waals surface area contributed by atoms with Crippen molar-refractivity contribution in [1.82, 2.24) is 4.98 Å². The van der Waals surface area contributed by atoms with Gasteiger partial charge in [-0.25, -0.2) is 9.37 Å². The number of aromatic nitrogens is 1. The predicted octanol–water partition coefficient (Wildman–Crippen LogP) is 1.97. The van der Waals surface area contributed by atoms with E-state index in [1.165, 1.54) is 35.6 Å². The first-order chi connectivity index (χ1) is 7.70. The van der Waals surface area contributed by atoms with E-state index >= 15 is 0 Å². The van der Waals surface area contributed by atoms with Gasteiger partial charge in [0.1, 0.15) is 16.5 Å². The Morgan fingerprint density at radius 2 is 2.06 bits per heavy atom. The number of thiazole rings is 1. The molecule has 3 nitrogen and oxygen atoms in total. The van der Waals surface area contributed by atoms with Gasteiger partial charge in [-0.2, -0.15) is 0 Å². The Balaban J connectivity index is 2.28. The predicted molar refractivity (Wildman–Crippen MR) is 59.8 cm³/mol. The zero-order valence-corrected chi connectivity index (χ0v) is 9.13. The number of carbonyl (C=O) groups excluding carboxylic acids is 1. The minimum atomic E-state index is -0.363. The SMILES string of the molecule is NCc1nc(C(=O)c2ccc(F)cc2)cs1. The van der Waals surface area contributed by atoms with Crippen molar-refractivity contribution in [3.8, 4) is 0 Å². The van der Waals surface area contributed by atoms with Gasteiger partial charge in [0.25, 0.3) is 0 Å². The summed E-state index contributed by atoms with van der Waals surface area (Å²) in [6, 6.07) is 5.39. The summed E-state index contributed by atoms with van der Waals surface area (Å²) in [5.74, 6) is -0.576. The Bertz CT molecular complexity index is 507. The summed E-state index contributed by atoms with van der Waals surface area (Å²) in [6.07, 6.45) is 0. The third-order valence-corrected chi connectivity index (χ3v) is 2.94. The van der Waals surface area contributed by atoms with Crippen LogP contribution in [0, 0.1) is 5.82 Å². The minimum absolute atomic E-state index is 0.212. The molecule has 0 amide bonds. The normalized spacial score (nSPS) is 10.4. The van der Waals surface area contributed by atoms with Gasteiger partial charge in [-0.05, 0) is 24.3 Å². The number of hydrogen-bond donors (Lipinski definition) is 1. The minimum Gasteiger partial charge on any atom is -0.325 e. The van der Waals surface area contributed by atoms with Crippen molar-refractivity contribution < 1.29 is 9.18 Å². The molecule has 0 spiro atoms. The van der Waals surface area contributed by atoms with Crippen molar-refractivity contribution in [3.63, 3.8) is 0 Å². The molecule has 2 N–H and O–H groups in total. The highest BCUT2D eigenvalue weighted by Crippen LogP contribution is 2.14. The molecule has 2 aromatic rings. The molecule has 1 aromatic carbocycles. The number of nitrogens with two attached hydrogens (primary N) is 1. The monoisotopic (exact) mass is 236 g/mol. The molecule has 0 atom stereocenters. The quantitative estimate of drug-likeness (QED) is 0.829. The second-order valence-corrected chi connectivity index (χ2v) is 4.11. The third-order valence-electron chi connectivity index (χ3n) is 2.07. The number of nitrogens with zero attached hydrogens (tertiary/aromatic N) is 1. The first kappa shape index (κ1) is 10.9. The van der Waals surface area contributed by atoms with E-state index in [2.05, 4.69) is 4.98 Å². The number of ketones is 1. The van der Waals surface area contributed by atoms with Crippen LogP contribution in [0.5, 0.6) is 0 Å². The smallest absolute Gasteiger partial charge is 0.212 e. The van der Waals surface area contributed by atoms with Gasteiger partial charge in [0.2, 0.25) is 5.78 Å².